The lowest BCUT2D eigenvalue weighted by molar-refractivity contribution is 0.410. The molecule has 0 aliphatic carbocycles. The molecule has 0 spiro atoms. The molecule has 0 saturated heterocycles. The average molecular weight is 210 g/mol. The number of hydrogen-bond donors (Lipinski definition) is 0. The van der Waals surface area contributed by atoms with E-state index in [1.54, 1.807) is 37.7 Å². The van der Waals surface area contributed by atoms with Gasteiger partial charge in [-0.2, -0.15) is 10.2 Å². The Bertz CT molecular complexity index is 428. The minimum absolute atomic E-state index is 0.623. The van der Waals surface area contributed by atoms with Gasteiger partial charge in [-0.05, 0) is 18.2 Å². The van der Waals surface area contributed by atoms with Crippen LogP contribution in [0.2, 0.25) is 5.02 Å². The summed E-state index contributed by atoms with van der Waals surface area (Å²) in [6.07, 6.45) is 3.20. The lowest BCUT2D eigenvalue weighted by Gasteiger charge is -2.06. The first-order valence-electron chi connectivity index (χ1n) is 4.01. The van der Waals surface area contributed by atoms with E-state index in [0.29, 0.717) is 10.8 Å². The minimum atomic E-state index is 0.623. The second kappa shape index (κ2) is 3.67. The maximum absolute atomic E-state index is 5.87. The predicted octanol–water partition coefficient (Wildman–Crippen LogP) is 1.93. The quantitative estimate of drug-likeness (QED) is 0.759. The van der Waals surface area contributed by atoms with Crippen molar-refractivity contribution in [2.45, 2.75) is 0 Å². The number of rotatable bonds is 2. The van der Waals surface area contributed by atoms with Crippen LogP contribution in [0, 0.1) is 0 Å². The Kier molecular flexibility index (Phi) is 2.37. The normalized spacial score (nSPS) is 10.1. The summed E-state index contributed by atoms with van der Waals surface area (Å²) in [4.78, 5) is 1.46. The molecule has 5 heteroatoms. The number of halogens is 1. The van der Waals surface area contributed by atoms with Gasteiger partial charge in [0.15, 0.2) is 0 Å². The Morgan fingerprint density at radius 2 is 2.00 bits per heavy atom. The van der Waals surface area contributed by atoms with Crippen molar-refractivity contribution >= 4 is 11.6 Å². The third-order valence-electron chi connectivity index (χ3n) is 1.78. The van der Waals surface area contributed by atoms with Crippen LogP contribution < -0.4 is 4.74 Å². The van der Waals surface area contributed by atoms with E-state index in [0.717, 1.165) is 5.69 Å². The number of aromatic nitrogens is 3. The van der Waals surface area contributed by atoms with Crippen molar-refractivity contribution in [2.75, 3.05) is 7.11 Å². The van der Waals surface area contributed by atoms with E-state index in [2.05, 4.69) is 10.2 Å². The second-order valence-corrected chi connectivity index (χ2v) is 3.07. The molecule has 1 heterocycles. The summed E-state index contributed by atoms with van der Waals surface area (Å²) in [5.41, 5.74) is 0.727. The molecular weight excluding hydrogens is 202 g/mol. The van der Waals surface area contributed by atoms with E-state index in [1.165, 1.54) is 4.80 Å². The number of ether oxygens (including phenoxy) is 1. The van der Waals surface area contributed by atoms with Crippen LogP contribution in [-0.4, -0.2) is 22.1 Å². The molecule has 0 saturated carbocycles. The molecule has 14 heavy (non-hydrogen) atoms. The Morgan fingerprint density at radius 1 is 1.29 bits per heavy atom. The molecule has 0 aliphatic rings. The highest BCUT2D eigenvalue weighted by atomic mass is 35.5. The van der Waals surface area contributed by atoms with E-state index >= 15 is 0 Å². The summed E-state index contributed by atoms with van der Waals surface area (Å²) < 4.78 is 5.16. The molecule has 72 valence electrons. The second-order valence-electron chi connectivity index (χ2n) is 2.63. The maximum Gasteiger partial charge on any atom is 0.146 e. The molecular formula is C9H8ClN3O. The van der Waals surface area contributed by atoms with Crippen LogP contribution in [-0.2, 0) is 0 Å². The SMILES string of the molecule is COc1ccc(Cl)cc1-n1nccn1. The van der Waals surface area contributed by atoms with E-state index < -0.39 is 0 Å². The van der Waals surface area contributed by atoms with Crippen molar-refractivity contribution in [2.24, 2.45) is 0 Å². The van der Waals surface area contributed by atoms with Gasteiger partial charge in [0.2, 0.25) is 0 Å². The summed E-state index contributed by atoms with van der Waals surface area (Å²) in [5, 5.41) is 8.63. The van der Waals surface area contributed by atoms with Gasteiger partial charge in [-0.15, -0.1) is 4.80 Å². The van der Waals surface area contributed by atoms with Crippen LogP contribution in [0.5, 0.6) is 5.75 Å². The van der Waals surface area contributed by atoms with Gasteiger partial charge in [-0.1, -0.05) is 11.6 Å². The van der Waals surface area contributed by atoms with Crippen molar-refractivity contribution in [3.05, 3.63) is 35.6 Å². The Labute approximate surface area is 86.1 Å². The predicted molar refractivity (Wildman–Crippen MR) is 52.9 cm³/mol. The van der Waals surface area contributed by atoms with Crippen LogP contribution in [0.15, 0.2) is 30.6 Å². The molecule has 2 aromatic rings. The lowest BCUT2D eigenvalue weighted by Crippen LogP contribution is -2.01. The van der Waals surface area contributed by atoms with Gasteiger partial charge < -0.3 is 4.74 Å². The molecule has 0 amide bonds. The Morgan fingerprint density at radius 3 is 2.64 bits per heavy atom. The van der Waals surface area contributed by atoms with Crippen LogP contribution in [0.1, 0.15) is 0 Å². The molecule has 1 aromatic carbocycles. The molecule has 0 aliphatic heterocycles. The third-order valence-corrected chi connectivity index (χ3v) is 2.01. The number of nitrogens with zero attached hydrogens (tertiary/aromatic N) is 3. The van der Waals surface area contributed by atoms with E-state index in [4.69, 9.17) is 16.3 Å². The van der Waals surface area contributed by atoms with Crippen molar-refractivity contribution in [1.29, 1.82) is 0 Å². The van der Waals surface area contributed by atoms with Gasteiger partial charge >= 0.3 is 0 Å². The highest BCUT2D eigenvalue weighted by molar-refractivity contribution is 6.30. The van der Waals surface area contributed by atoms with E-state index in [1.807, 2.05) is 0 Å². The molecule has 0 atom stereocenters. The summed E-state index contributed by atoms with van der Waals surface area (Å²) in [7, 11) is 1.59. The standard InChI is InChI=1S/C9H8ClN3O/c1-14-9-3-2-7(10)6-8(9)13-11-4-5-12-13/h2-6H,1H3. The molecule has 0 radical (unpaired) electrons. The molecule has 1 aromatic heterocycles. The largest absolute Gasteiger partial charge is 0.494 e. The summed E-state index contributed by atoms with van der Waals surface area (Å²) in [6, 6.07) is 5.29. The van der Waals surface area contributed by atoms with Crippen molar-refractivity contribution in [1.82, 2.24) is 15.0 Å². The highest BCUT2D eigenvalue weighted by Crippen LogP contribution is 2.24. The molecule has 2 rings (SSSR count). The number of methoxy groups -OCH3 is 1. The topological polar surface area (TPSA) is 39.9 Å². The lowest BCUT2D eigenvalue weighted by atomic mass is 10.3. The zero-order chi connectivity index (χ0) is 9.97. The monoisotopic (exact) mass is 209 g/mol. The van der Waals surface area contributed by atoms with Crippen molar-refractivity contribution < 1.29 is 4.74 Å². The van der Waals surface area contributed by atoms with E-state index in [9.17, 15) is 0 Å². The Balaban J connectivity index is 2.55. The van der Waals surface area contributed by atoms with Crippen molar-refractivity contribution in [3.63, 3.8) is 0 Å². The smallest absolute Gasteiger partial charge is 0.146 e. The molecule has 0 fully saturated rings. The van der Waals surface area contributed by atoms with Crippen LogP contribution >= 0.6 is 11.6 Å². The summed E-state index contributed by atoms with van der Waals surface area (Å²) >= 11 is 5.87. The van der Waals surface area contributed by atoms with Gasteiger partial charge in [0.25, 0.3) is 0 Å². The fraction of sp³-hybridized carbons (Fsp3) is 0.111. The fourth-order valence-corrected chi connectivity index (χ4v) is 1.33. The van der Waals surface area contributed by atoms with Crippen LogP contribution in [0.4, 0.5) is 0 Å². The third kappa shape index (κ3) is 1.56. The number of benzene rings is 1. The van der Waals surface area contributed by atoms with Crippen LogP contribution in [0.3, 0.4) is 0 Å². The Hall–Kier alpha value is -1.55. The molecule has 0 bridgehead atoms. The van der Waals surface area contributed by atoms with Gasteiger partial charge in [-0.3, -0.25) is 0 Å². The van der Waals surface area contributed by atoms with Crippen LogP contribution in [0.25, 0.3) is 5.69 Å². The zero-order valence-electron chi connectivity index (χ0n) is 7.51. The van der Waals surface area contributed by atoms with E-state index in [-0.39, 0.29) is 0 Å². The maximum atomic E-state index is 5.87. The van der Waals surface area contributed by atoms with Gasteiger partial charge in [0.1, 0.15) is 11.4 Å². The molecule has 4 nitrogen and oxygen atoms in total. The van der Waals surface area contributed by atoms with Crippen molar-refractivity contribution in [3.8, 4) is 11.4 Å². The van der Waals surface area contributed by atoms with Gasteiger partial charge in [-0.25, -0.2) is 0 Å². The minimum Gasteiger partial charge on any atom is -0.494 e. The molecule has 0 N–H and O–H groups in total. The first-order valence-corrected chi connectivity index (χ1v) is 4.39. The number of hydrogen-bond acceptors (Lipinski definition) is 3. The summed E-state index contributed by atoms with van der Waals surface area (Å²) in [6.45, 7) is 0. The average Bonchev–Trinajstić information content (AvgIpc) is 2.70. The van der Waals surface area contributed by atoms with Gasteiger partial charge in [0, 0.05) is 5.02 Å². The summed E-state index contributed by atoms with van der Waals surface area (Å²) in [5.74, 6) is 0.686. The first-order chi connectivity index (χ1) is 6.81. The zero-order valence-corrected chi connectivity index (χ0v) is 8.27. The first kappa shape index (κ1) is 9.02. The highest BCUT2D eigenvalue weighted by Gasteiger charge is 2.06. The van der Waals surface area contributed by atoms with Gasteiger partial charge in [0.05, 0.1) is 19.5 Å². The fourth-order valence-electron chi connectivity index (χ4n) is 1.16. The molecule has 0 unspecified atom stereocenters.